The summed E-state index contributed by atoms with van der Waals surface area (Å²) in [5.74, 6) is 1.42. The highest BCUT2D eigenvalue weighted by Crippen LogP contribution is 2.22. The van der Waals surface area contributed by atoms with Crippen LogP contribution in [0.2, 0.25) is 0 Å². The molecule has 8 nitrogen and oxygen atoms in total. The number of ether oxygens (including phenoxy) is 1. The van der Waals surface area contributed by atoms with E-state index in [-0.39, 0.29) is 0 Å². The van der Waals surface area contributed by atoms with Crippen LogP contribution < -0.4 is 15.6 Å². The van der Waals surface area contributed by atoms with E-state index < -0.39 is 0 Å². The average molecular weight is 482 g/mol. The van der Waals surface area contributed by atoms with Gasteiger partial charge in [-0.15, -0.1) is 0 Å². The maximum absolute atomic E-state index is 5.46. The molecular formula is C22H24BrN7O. The molecule has 1 fully saturated rings. The van der Waals surface area contributed by atoms with Gasteiger partial charge in [-0.25, -0.2) is 5.43 Å². The first kappa shape index (κ1) is 21.2. The lowest BCUT2D eigenvalue weighted by atomic mass is 10.1. The molecule has 160 valence electrons. The van der Waals surface area contributed by atoms with Gasteiger partial charge in [0.1, 0.15) is 0 Å². The van der Waals surface area contributed by atoms with E-state index in [0.29, 0.717) is 31.1 Å². The second kappa shape index (κ2) is 9.84. The Morgan fingerprint density at radius 3 is 2.65 bits per heavy atom. The van der Waals surface area contributed by atoms with E-state index in [9.17, 15) is 0 Å². The first-order valence-corrected chi connectivity index (χ1v) is 10.8. The van der Waals surface area contributed by atoms with Crippen LogP contribution in [0.25, 0.3) is 0 Å². The van der Waals surface area contributed by atoms with E-state index in [1.165, 1.54) is 0 Å². The monoisotopic (exact) mass is 481 g/mol. The van der Waals surface area contributed by atoms with Crippen LogP contribution >= 0.6 is 15.9 Å². The van der Waals surface area contributed by atoms with Crippen molar-refractivity contribution in [2.24, 2.45) is 5.10 Å². The third-order valence-corrected chi connectivity index (χ3v) is 5.28. The van der Waals surface area contributed by atoms with E-state index in [4.69, 9.17) is 4.74 Å². The third-order valence-electron chi connectivity index (χ3n) is 4.78. The predicted octanol–water partition coefficient (Wildman–Crippen LogP) is 4.28. The smallest absolute Gasteiger partial charge is 0.250 e. The highest BCUT2D eigenvalue weighted by molar-refractivity contribution is 9.10. The normalized spacial score (nSPS) is 14.1. The van der Waals surface area contributed by atoms with Crippen LogP contribution in [0.4, 0.5) is 23.5 Å². The van der Waals surface area contributed by atoms with Gasteiger partial charge in [0.2, 0.25) is 17.8 Å². The molecule has 31 heavy (non-hydrogen) atoms. The summed E-state index contributed by atoms with van der Waals surface area (Å²) < 4.78 is 6.45. The molecule has 4 rings (SSSR count). The molecule has 3 aromatic rings. The summed E-state index contributed by atoms with van der Waals surface area (Å²) in [4.78, 5) is 15.8. The van der Waals surface area contributed by atoms with Gasteiger partial charge in [-0.2, -0.15) is 20.1 Å². The van der Waals surface area contributed by atoms with Gasteiger partial charge in [0.25, 0.3) is 0 Å². The first-order valence-electron chi connectivity index (χ1n) is 10.0. The lowest BCUT2D eigenvalue weighted by Gasteiger charge is -2.27. The SMILES string of the molecule is Cc1ccc(C)c(Nc2nc(N/N=C/c3cccc(Br)c3)nc(N3CCOCC3)n2)c1. The summed E-state index contributed by atoms with van der Waals surface area (Å²) >= 11 is 3.47. The number of aryl methyl sites for hydroxylation is 2. The molecule has 0 aliphatic carbocycles. The molecular weight excluding hydrogens is 458 g/mol. The van der Waals surface area contributed by atoms with Crippen LogP contribution in [0.15, 0.2) is 52.0 Å². The zero-order chi connectivity index (χ0) is 21.6. The second-order valence-corrected chi connectivity index (χ2v) is 8.17. The number of morpholine rings is 1. The average Bonchev–Trinajstić information content (AvgIpc) is 2.77. The Kier molecular flexibility index (Phi) is 6.73. The molecule has 1 aliphatic rings. The molecule has 1 aliphatic heterocycles. The van der Waals surface area contributed by atoms with Gasteiger partial charge < -0.3 is 15.0 Å². The van der Waals surface area contributed by atoms with E-state index in [1.54, 1.807) is 6.21 Å². The minimum absolute atomic E-state index is 0.371. The van der Waals surface area contributed by atoms with Crippen LogP contribution in [-0.4, -0.2) is 47.5 Å². The van der Waals surface area contributed by atoms with Gasteiger partial charge >= 0.3 is 0 Å². The summed E-state index contributed by atoms with van der Waals surface area (Å²) in [5, 5.41) is 7.63. The second-order valence-electron chi connectivity index (χ2n) is 7.25. The summed E-state index contributed by atoms with van der Waals surface area (Å²) in [6.07, 6.45) is 1.72. The topological polar surface area (TPSA) is 87.6 Å². The van der Waals surface area contributed by atoms with Crippen molar-refractivity contribution >= 4 is 45.7 Å². The van der Waals surface area contributed by atoms with Crippen molar-refractivity contribution in [3.8, 4) is 0 Å². The molecule has 0 amide bonds. The number of hydrogen-bond acceptors (Lipinski definition) is 8. The number of rotatable bonds is 6. The molecule has 1 saturated heterocycles. The summed E-state index contributed by atoms with van der Waals surface area (Å²) in [6, 6.07) is 14.1. The number of anilines is 4. The number of aromatic nitrogens is 3. The van der Waals surface area contributed by atoms with Crippen molar-refractivity contribution < 1.29 is 4.74 Å². The molecule has 0 bridgehead atoms. The molecule has 9 heteroatoms. The zero-order valence-electron chi connectivity index (χ0n) is 17.5. The van der Waals surface area contributed by atoms with Crippen LogP contribution in [-0.2, 0) is 4.74 Å². The molecule has 0 atom stereocenters. The Morgan fingerprint density at radius 1 is 1.03 bits per heavy atom. The Labute approximate surface area is 189 Å². The van der Waals surface area contributed by atoms with Crippen molar-refractivity contribution in [2.45, 2.75) is 13.8 Å². The fraction of sp³-hybridized carbons (Fsp3) is 0.273. The number of halogens is 1. The lowest BCUT2D eigenvalue weighted by Crippen LogP contribution is -2.37. The predicted molar refractivity (Wildman–Crippen MR) is 127 cm³/mol. The molecule has 2 heterocycles. The van der Waals surface area contributed by atoms with E-state index >= 15 is 0 Å². The maximum atomic E-state index is 5.46. The van der Waals surface area contributed by atoms with Gasteiger partial charge in [-0.05, 0) is 48.7 Å². The number of hydrogen-bond donors (Lipinski definition) is 2. The van der Waals surface area contributed by atoms with Crippen molar-refractivity contribution in [2.75, 3.05) is 41.9 Å². The highest BCUT2D eigenvalue weighted by atomic mass is 79.9. The van der Waals surface area contributed by atoms with Crippen LogP contribution in [0, 0.1) is 13.8 Å². The summed E-state index contributed by atoms with van der Waals surface area (Å²) in [6.45, 7) is 6.86. The highest BCUT2D eigenvalue weighted by Gasteiger charge is 2.17. The van der Waals surface area contributed by atoms with Crippen molar-refractivity contribution in [3.05, 3.63) is 63.6 Å². The molecule has 0 radical (unpaired) electrons. The number of nitrogens with zero attached hydrogens (tertiary/aromatic N) is 5. The third kappa shape index (κ3) is 5.77. The van der Waals surface area contributed by atoms with Crippen LogP contribution in [0.1, 0.15) is 16.7 Å². The van der Waals surface area contributed by atoms with Gasteiger partial charge in [0.15, 0.2) is 0 Å². The first-order chi connectivity index (χ1) is 15.1. The molecule has 0 spiro atoms. The molecule has 0 saturated carbocycles. The van der Waals surface area contributed by atoms with Crippen molar-refractivity contribution in [1.82, 2.24) is 15.0 Å². The van der Waals surface area contributed by atoms with Gasteiger partial charge in [0.05, 0.1) is 19.4 Å². The largest absolute Gasteiger partial charge is 0.378 e. The van der Waals surface area contributed by atoms with Crippen molar-refractivity contribution in [3.63, 3.8) is 0 Å². The summed E-state index contributed by atoms with van der Waals surface area (Å²) in [5.41, 5.74) is 7.13. The van der Waals surface area contributed by atoms with Gasteiger partial charge in [0, 0.05) is 23.2 Å². The van der Waals surface area contributed by atoms with Crippen molar-refractivity contribution in [1.29, 1.82) is 0 Å². The van der Waals surface area contributed by atoms with Gasteiger partial charge in [-0.1, -0.05) is 40.2 Å². The van der Waals surface area contributed by atoms with Crippen LogP contribution in [0.3, 0.4) is 0 Å². The maximum Gasteiger partial charge on any atom is 0.250 e. The molecule has 0 unspecified atom stereocenters. The fourth-order valence-corrected chi connectivity index (χ4v) is 3.53. The Hall–Kier alpha value is -3.04. The Balaban J connectivity index is 1.60. The summed E-state index contributed by atoms with van der Waals surface area (Å²) in [7, 11) is 0. The lowest BCUT2D eigenvalue weighted by molar-refractivity contribution is 0.122. The zero-order valence-corrected chi connectivity index (χ0v) is 19.1. The Morgan fingerprint density at radius 2 is 1.84 bits per heavy atom. The van der Waals surface area contributed by atoms with E-state index in [1.807, 2.05) is 31.2 Å². The molecule has 2 aromatic carbocycles. The van der Waals surface area contributed by atoms with Gasteiger partial charge in [-0.3, -0.25) is 0 Å². The molecule has 2 N–H and O–H groups in total. The standard InChI is InChI=1S/C22H24BrN7O/c1-15-6-7-16(2)19(12-15)25-20-26-21(28-22(27-20)30-8-10-31-11-9-30)29-24-14-17-4-3-5-18(23)13-17/h3-7,12-14H,8-11H2,1-2H3,(H2,25,26,27,28,29)/b24-14+. The Bertz CT molecular complexity index is 1080. The quantitative estimate of drug-likeness (QED) is 0.401. The minimum Gasteiger partial charge on any atom is -0.378 e. The minimum atomic E-state index is 0.371. The number of nitrogens with one attached hydrogen (secondary N) is 2. The fourth-order valence-electron chi connectivity index (χ4n) is 3.12. The molecule has 1 aromatic heterocycles. The van der Waals surface area contributed by atoms with Crippen LogP contribution in [0.5, 0.6) is 0 Å². The van der Waals surface area contributed by atoms with E-state index in [0.717, 1.165) is 39.9 Å². The number of hydrazone groups is 1. The number of benzene rings is 2. The van der Waals surface area contributed by atoms with E-state index in [2.05, 4.69) is 76.7 Å².